The van der Waals surface area contributed by atoms with Crippen molar-refractivity contribution < 1.29 is 4.92 Å². The van der Waals surface area contributed by atoms with Gasteiger partial charge in [-0.25, -0.2) is 0 Å². The predicted octanol–water partition coefficient (Wildman–Crippen LogP) is 2.91. The summed E-state index contributed by atoms with van der Waals surface area (Å²) in [5.41, 5.74) is 1.77. The second-order valence-electron chi connectivity index (χ2n) is 4.51. The Balaban J connectivity index is 2.54. The highest BCUT2D eigenvalue weighted by atomic mass is 16.6. The molecular formula is C14H14N4O2. The molecule has 1 unspecified atom stereocenters. The Hall–Kier alpha value is -2.68. The molecule has 1 atom stereocenters. The van der Waals surface area contributed by atoms with Crippen molar-refractivity contribution in [3.8, 4) is 6.07 Å². The van der Waals surface area contributed by atoms with E-state index >= 15 is 0 Å². The van der Waals surface area contributed by atoms with Gasteiger partial charge in [-0.05, 0) is 19.4 Å². The number of benzene rings is 1. The molecule has 0 saturated heterocycles. The molecule has 0 bridgehead atoms. The molecule has 2 aromatic rings. The van der Waals surface area contributed by atoms with E-state index in [1.54, 1.807) is 18.5 Å². The maximum absolute atomic E-state index is 11.1. The van der Waals surface area contributed by atoms with Crippen LogP contribution in [0.2, 0.25) is 0 Å². The number of nitrogens with zero attached hydrogens (tertiary/aromatic N) is 4. The molecule has 1 heterocycles. The normalized spacial score (nSPS) is 11.8. The molecule has 0 N–H and O–H groups in total. The molecule has 1 aromatic heterocycles. The summed E-state index contributed by atoms with van der Waals surface area (Å²) in [6.07, 6.45) is 0.211. The first kappa shape index (κ1) is 13.7. The predicted molar refractivity (Wildman–Crippen MR) is 73.2 cm³/mol. The molecule has 6 nitrogen and oxygen atoms in total. The second kappa shape index (κ2) is 5.53. The van der Waals surface area contributed by atoms with E-state index in [0.717, 1.165) is 5.56 Å². The zero-order valence-electron chi connectivity index (χ0n) is 11.3. The van der Waals surface area contributed by atoms with Gasteiger partial charge in [-0.2, -0.15) is 10.4 Å². The largest absolute Gasteiger partial charge is 0.312 e. The molecule has 102 valence electrons. The van der Waals surface area contributed by atoms with Gasteiger partial charge >= 0.3 is 5.69 Å². The van der Waals surface area contributed by atoms with Gasteiger partial charge in [-0.3, -0.25) is 14.8 Å². The van der Waals surface area contributed by atoms with Crippen molar-refractivity contribution in [2.24, 2.45) is 0 Å². The monoisotopic (exact) mass is 270 g/mol. The number of rotatable bonds is 4. The van der Waals surface area contributed by atoms with E-state index in [-0.39, 0.29) is 18.2 Å². The second-order valence-corrected chi connectivity index (χ2v) is 4.51. The Kier molecular flexibility index (Phi) is 3.80. The molecule has 20 heavy (non-hydrogen) atoms. The number of aryl methyl sites for hydroxylation is 1. The molecule has 0 aliphatic heterocycles. The topological polar surface area (TPSA) is 84.8 Å². The van der Waals surface area contributed by atoms with Crippen LogP contribution in [-0.2, 0) is 0 Å². The molecule has 0 radical (unpaired) electrons. The third-order valence-corrected chi connectivity index (χ3v) is 3.23. The molecule has 0 saturated carbocycles. The van der Waals surface area contributed by atoms with E-state index in [1.807, 2.05) is 30.3 Å². The van der Waals surface area contributed by atoms with Crippen LogP contribution in [0.4, 0.5) is 5.69 Å². The summed E-state index contributed by atoms with van der Waals surface area (Å²) in [5, 5.41) is 24.3. The van der Waals surface area contributed by atoms with E-state index in [2.05, 4.69) is 11.2 Å². The maximum Gasteiger partial charge on any atom is 0.312 e. The number of nitro groups is 1. The molecule has 2 rings (SSSR count). The van der Waals surface area contributed by atoms with Gasteiger partial charge in [0.25, 0.3) is 0 Å². The molecule has 0 fully saturated rings. The first-order chi connectivity index (χ1) is 9.56. The SMILES string of the molecule is Cc1nn(C(CC#N)c2ccccc2)c(C)c1[N+](=O)[O-]. The summed E-state index contributed by atoms with van der Waals surface area (Å²) in [7, 11) is 0. The standard InChI is InChI=1S/C14H14N4O2/c1-10-14(18(19)20)11(2)17(16-10)13(8-9-15)12-6-4-3-5-7-12/h3-7,13H,8H2,1-2H3. The van der Waals surface area contributed by atoms with Gasteiger partial charge in [0.15, 0.2) is 0 Å². The van der Waals surface area contributed by atoms with Gasteiger partial charge in [-0.1, -0.05) is 30.3 Å². The summed E-state index contributed by atoms with van der Waals surface area (Å²) in [5.74, 6) is 0. The van der Waals surface area contributed by atoms with Crippen molar-refractivity contribution in [2.45, 2.75) is 26.3 Å². The van der Waals surface area contributed by atoms with E-state index in [4.69, 9.17) is 5.26 Å². The lowest BCUT2D eigenvalue weighted by molar-refractivity contribution is -0.386. The minimum absolute atomic E-state index is 0.0175. The first-order valence-electron chi connectivity index (χ1n) is 6.18. The fourth-order valence-electron chi connectivity index (χ4n) is 2.33. The van der Waals surface area contributed by atoms with Gasteiger partial charge in [-0.15, -0.1) is 0 Å². The van der Waals surface area contributed by atoms with Gasteiger partial charge in [0.1, 0.15) is 11.4 Å². The van der Waals surface area contributed by atoms with Crippen LogP contribution in [0.25, 0.3) is 0 Å². The van der Waals surface area contributed by atoms with Gasteiger partial charge in [0.05, 0.1) is 23.5 Å². The van der Waals surface area contributed by atoms with Crippen LogP contribution in [0.3, 0.4) is 0 Å². The summed E-state index contributed by atoms with van der Waals surface area (Å²) in [6, 6.07) is 11.2. The average molecular weight is 270 g/mol. The van der Waals surface area contributed by atoms with Crippen molar-refractivity contribution in [1.29, 1.82) is 5.26 Å². The van der Waals surface area contributed by atoms with Gasteiger partial charge < -0.3 is 0 Å². The van der Waals surface area contributed by atoms with Crippen molar-refractivity contribution in [3.63, 3.8) is 0 Å². The Bertz CT molecular complexity index is 670. The number of hydrogen-bond acceptors (Lipinski definition) is 4. The average Bonchev–Trinajstić information content (AvgIpc) is 2.72. The Morgan fingerprint density at radius 2 is 2.05 bits per heavy atom. The van der Waals surface area contributed by atoms with Crippen LogP contribution < -0.4 is 0 Å². The highest BCUT2D eigenvalue weighted by Crippen LogP contribution is 2.29. The summed E-state index contributed by atoms with van der Waals surface area (Å²) in [4.78, 5) is 10.6. The van der Waals surface area contributed by atoms with Crippen LogP contribution in [0.15, 0.2) is 30.3 Å². The molecular weight excluding hydrogens is 256 g/mol. The molecule has 0 amide bonds. The van der Waals surface area contributed by atoms with E-state index < -0.39 is 4.92 Å². The summed E-state index contributed by atoms with van der Waals surface area (Å²) >= 11 is 0. The molecule has 0 spiro atoms. The Labute approximate surface area is 116 Å². The summed E-state index contributed by atoms with van der Waals surface area (Å²) in [6.45, 7) is 3.27. The molecule has 1 aromatic carbocycles. The molecule has 0 aliphatic carbocycles. The maximum atomic E-state index is 11.1. The van der Waals surface area contributed by atoms with Crippen LogP contribution in [0, 0.1) is 35.3 Å². The minimum atomic E-state index is -0.428. The lowest BCUT2D eigenvalue weighted by Crippen LogP contribution is -2.13. The quantitative estimate of drug-likeness (QED) is 0.631. The third-order valence-electron chi connectivity index (χ3n) is 3.23. The van der Waals surface area contributed by atoms with Crippen LogP contribution >= 0.6 is 0 Å². The van der Waals surface area contributed by atoms with Crippen molar-refractivity contribution in [1.82, 2.24) is 9.78 Å². The lowest BCUT2D eigenvalue weighted by atomic mass is 10.0. The fourth-order valence-corrected chi connectivity index (χ4v) is 2.33. The van der Waals surface area contributed by atoms with Crippen molar-refractivity contribution in [2.75, 3.05) is 0 Å². The van der Waals surface area contributed by atoms with Crippen molar-refractivity contribution >= 4 is 5.69 Å². The lowest BCUT2D eigenvalue weighted by Gasteiger charge is -2.16. The number of hydrogen-bond donors (Lipinski definition) is 0. The first-order valence-corrected chi connectivity index (χ1v) is 6.18. The Morgan fingerprint density at radius 1 is 1.40 bits per heavy atom. The van der Waals surface area contributed by atoms with Crippen LogP contribution in [-0.4, -0.2) is 14.7 Å². The van der Waals surface area contributed by atoms with E-state index in [1.165, 1.54) is 0 Å². The van der Waals surface area contributed by atoms with E-state index in [9.17, 15) is 10.1 Å². The number of aromatic nitrogens is 2. The zero-order valence-corrected chi connectivity index (χ0v) is 11.3. The molecule has 0 aliphatic rings. The summed E-state index contributed by atoms with van der Waals surface area (Å²) < 4.78 is 1.58. The van der Waals surface area contributed by atoms with E-state index in [0.29, 0.717) is 11.4 Å². The third kappa shape index (κ3) is 2.38. The van der Waals surface area contributed by atoms with Gasteiger partial charge in [0.2, 0.25) is 0 Å². The smallest absolute Gasteiger partial charge is 0.258 e. The minimum Gasteiger partial charge on any atom is -0.258 e. The van der Waals surface area contributed by atoms with Gasteiger partial charge in [0, 0.05) is 0 Å². The Morgan fingerprint density at radius 3 is 2.55 bits per heavy atom. The highest BCUT2D eigenvalue weighted by Gasteiger charge is 2.26. The van der Waals surface area contributed by atoms with Crippen molar-refractivity contribution in [3.05, 3.63) is 57.4 Å². The zero-order chi connectivity index (χ0) is 14.7. The number of nitriles is 1. The van der Waals surface area contributed by atoms with Crippen LogP contribution in [0.1, 0.15) is 29.4 Å². The molecule has 6 heteroatoms. The van der Waals surface area contributed by atoms with Crippen LogP contribution in [0.5, 0.6) is 0 Å². The highest BCUT2D eigenvalue weighted by molar-refractivity contribution is 5.40. The fraction of sp³-hybridized carbons (Fsp3) is 0.286.